The Labute approximate surface area is 164 Å². The fourth-order valence-corrected chi connectivity index (χ4v) is 4.15. The zero-order chi connectivity index (χ0) is 21.2. The van der Waals surface area contributed by atoms with Crippen molar-refractivity contribution in [3.05, 3.63) is 69.6 Å². The zero-order valence-electron chi connectivity index (χ0n) is 14.8. The van der Waals surface area contributed by atoms with Crippen LogP contribution in [0.15, 0.2) is 47.4 Å². The molecule has 10 heteroatoms. The largest absolute Gasteiger partial charge is 0.435 e. The Morgan fingerprint density at radius 3 is 2.52 bits per heavy atom. The van der Waals surface area contributed by atoms with E-state index in [4.69, 9.17) is 0 Å². The highest BCUT2D eigenvalue weighted by Crippen LogP contribution is 2.31. The molecule has 156 valence electrons. The molecule has 2 aromatic rings. The summed E-state index contributed by atoms with van der Waals surface area (Å²) in [4.78, 5) is 0.0690. The van der Waals surface area contributed by atoms with Crippen molar-refractivity contribution in [3.8, 4) is 5.75 Å². The summed E-state index contributed by atoms with van der Waals surface area (Å²) in [6.45, 7) is -3.25. The van der Waals surface area contributed by atoms with Crippen molar-refractivity contribution in [1.29, 1.82) is 0 Å². The number of hydrogen-bond donors (Lipinski definition) is 1. The van der Waals surface area contributed by atoms with E-state index in [1.807, 2.05) is 0 Å². The molecule has 0 radical (unpaired) electrons. The van der Waals surface area contributed by atoms with Crippen LogP contribution in [0, 0.1) is 0 Å². The van der Waals surface area contributed by atoms with Gasteiger partial charge in [-0.25, -0.2) is 13.1 Å². The first-order chi connectivity index (χ1) is 13.5. The van der Waals surface area contributed by atoms with Crippen molar-refractivity contribution in [2.24, 2.45) is 0 Å². The molecular weight excluding hydrogens is 417 g/mol. The highest BCUT2D eigenvalue weighted by atomic mass is 32.2. The van der Waals surface area contributed by atoms with Crippen LogP contribution in [-0.2, 0) is 29.2 Å². The van der Waals surface area contributed by atoms with Crippen molar-refractivity contribution in [3.63, 3.8) is 0 Å². The summed E-state index contributed by atoms with van der Waals surface area (Å²) >= 11 is 0. The molecule has 29 heavy (non-hydrogen) atoms. The smallest absolute Gasteiger partial charge is 0.416 e. The molecule has 0 saturated carbocycles. The maximum atomic E-state index is 12.8. The lowest BCUT2D eigenvalue weighted by Gasteiger charge is -2.18. The average molecular weight is 433 g/mol. The number of rotatable bonds is 6. The van der Waals surface area contributed by atoms with E-state index in [9.17, 15) is 30.4 Å². The highest BCUT2D eigenvalue weighted by molar-refractivity contribution is 7.93. The Morgan fingerprint density at radius 1 is 1.07 bits per heavy atom. The van der Waals surface area contributed by atoms with E-state index in [0.29, 0.717) is 17.5 Å². The molecule has 2 aromatic carbocycles. The Kier molecular flexibility index (Phi) is 5.95. The summed E-state index contributed by atoms with van der Waals surface area (Å²) in [5, 5.41) is 0. The third-order valence-electron chi connectivity index (χ3n) is 4.36. The number of fused-ring (bicyclic) bond motifs is 1. The van der Waals surface area contributed by atoms with Gasteiger partial charge in [0.2, 0.25) is 10.0 Å². The number of benzene rings is 2. The molecule has 0 spiro atoms. The average Bonchev–Trinajstić information content (AvgIpc) is 2.65. The number of aryl methyl sites for hydroxylation is 1. The predicted octanol–water partition coefficient (Wildman–Crippen LogP) is 4.71. The number of hydrogen-bond acceptors (Lipinski definition) is 3. The lowest BCUT2D eigenvalue weighted by molar-refractivity contribution is -0.137. The summed E-state index contributed by atoms with van der Waals surface area (Å²) in [5.41, 5.74) is 0.535. The van der Waals surface area contributed by atoms with Gasteiger partial charge in [-0.2, -0.15) is 22.0 Å². The van der Waals surface area contributed by atoms with Crippen LogP contribution in [0.5, 0.6) is 5.75 Å². The van der Waals surface area contributed by atoms with Crippen molar-refractivity contribution in [2.75, 3.05) is 0 Å². The molecular formula is C19H16F5NO3S. The van der Waals surface area contributed by atoms with Gasteiger partial charge < -0.3 is 4.74 Å². The van der Waals surface area contributed by atoms with E-state index in [0.717, 1.165) is 12.1 Å². The van der Waals surface area contributed by atoms with Crippen LogP contribution in [-0.4, -0.2) is 15.0 Å². The van der Waals surface area contributed by atoms with Crippen LogP contribution in [0.2, 0.25) is 0 Å². The molecule has 0 aliphatic heterocycles. The first kappa shape index (κ1) is 21.3. The monoisotopic (exact) mass is 433 g/mol. The molecule has 0 heterocycles. The van der Waals surface area contributed by atoms with E-state index < -0.39 is 28.4 Å². The van der Waals surface area contributed by atoms with Gasteiger partial charge in [-0.05, 0) is 53.8 Å². The predicted molar refractivity (Wildman–Crippen MR) is 96.6 cm³/mol. The van der Waals surface area contributed by atoms with Gasteiger partial charge in [0, 0.05) is 6.54 Å². The van der Waals surface area contributed by atoms with Gasteiger partial charge in [0.1, 0.15) is 5.75 Å². The SMILES string of the molecule is O=S(=O)(NCc1cccc(C(F)(F)F)c1)C1=Cc2ccc(OC(F)F)cc2CC1. The summed E-state index contributed by atoms with van der Waals surface area (Å²) in [6, 6.07) is 8.62. The quantitative estimate of drug-likeness (QED) is 0.672. The molecule has 0 aromatic heterocycles. The van der Waals surface area contributed by atoms with Crippen LogP contribution in [0.4, 0.5) is 22.0 Å². The Hall–Kier alpha value is -2.46. The van der Waals surface area contributed by atoms with E-state index in [1.165, 1.54) is 36.4 Å². The third kappa shape index (κ3) is 5.33. The number of allylic oxidation sites excluding steroid dienone is 1. The van der Waals surface area contributed by atoms with Crippen molar-refractivity contribution in [2.45, 2.75) is 32.2 Å². The maximum absolute atomic E-state index is 12.8. The van der Waals surface area contributed by atoms with Crippen LogP contribution in [0.25, 0.3) is 6.08 Å². The fourth-order valence-electron chi connectivity index (χ4n) is 2.96. The molecule has 1 aliphatic carbocycles. The summed E-state index contributed by atoms with van der Waals surface area (Å²) in [6.07, 6.45) is -2.67. The van der Waals surface area contributed by atoms with Gasteiger partial charge in [0.05, 0.1) is 10.5 Å². The summed E-state index contributed by atoms with van der Waals surface area (Å²) in [5.74, 6) is -0.0128. The van der Waals surface area contributed by atoms with Gasteiger partial charge in [0.25, 0.3) is 0 Å². The minimum absolute atomic E-state index is 0.0128. The zero-order valence-corrected chi connectivity index (χ0v) is 15.7. The molecule has 0 unspecified atom stereocenters. The molecule has 1 aliphatic rings. The van der Waals surface area contributed by atoms with Crippen molar-refractivity contribution < 1.29 is 35.1 Å². The van der Waals surface area contributed by atoms with Gasteiger partial charge in [-0.1, -0.05) is 24.3 Å². The maximum Gasteiger partial charge on any atom is 0.416 e. The first-order valence-electron chi connectivity index (χ1n) is 8.49. The second-order valence-electron chi connectivity index (χ2n) is 6.37. The molecule has 0 bridgehead atoms. The molecule has 0 atom stereocenters. The number of alkyl halides is 5. The van der Waals surface area contributed by atoms with Crippen LogP contribution in [0.1, 0.15) is 28.7 Å². The van der Waals surface area contributed by atoms with E-state index >= 15 is 0 Å². The van der Waals surface area contributed by atoms with Gasteiger partial charge in [0.15, 0.2) is 0 Å². The van der Waals surface area contributed by atoms with E-state index in [1.54, 1.807) is 0 Å². The molecule has 0 amide bonds. The lowest BCUT2D eigenvalue weighted by Crippen LogP contribution is -2.26. The van der Waals surface area contributed by atoms with Gasteiger partial charge in [-0.15, -0.1) is 0 Å². The number of nitrogens with one attached hydrogen (secondary N) is 1. The second kappa shape index (κ2) is 8.11. The lowest BCUT2D eigenvalue weighted by atomic mass is 9.97. The van der Waals surface area contributed by atoms with E-state index in [-0.39, 0.29) is 29.2 Å². The fraction of sp³-hybridized carbons (Fsp3) is 0.263. The normalized spacial score (nSPS) is 14.5. The molecule has 0 fully saturated rings. The number of halogens is 5. The van der Waals surface area contributed by atoms with Crippen LogP contribution >= 0.6 is 0 Å². The van der Waals surface area contributed by atoms with E-state index in [2.05, 4.69) is 9.46 Å². The van der Waals surface area contributed by atoms with Gasteiger partial charge >= 0.3 is 12.8 Å². The summed E-state index contributed by atoms with van der Waals surface area (Å²) in [7, 11) is -3.92. The van der Waals surface area contributed by atoms with Crippen molar-refractivity contribution >= 4 is 16.1 Å². The van der Waals surface area contributed by atoms with Crippen molar-refractivity contribution in [1.82, 2.24) is 4.72 Å². The number of sulfonamides is 1. The van der Waals surface area contributed by atoms with Crippen LogP contribution in [0.3, 0.4) is 0 Å². The topological polar surface area (TPSA) is 55.4 Å². The number of ether oxygens (including phenoxy) is 1. The first-order valence-corrected chi connectivity index (χ1v) is 9.97. The Morgan fingerprint density at radius 2 is 1.83 bits per heavy atom. The third-order valence-corrected chi connectivity index (χ3v) is 5.90. The molecule has 3 rings (SSSR count). The minimum Gasteiger partial charge on any atom is -0.435 e. The minimum atomic E-state index is -4.52. The molecule has 1 N–H and O–H groups in total. The Bertz CT molecular complexity index is 1030. The standard InChI is InChI=1S/C19H16F5NO3S/c20-18(21)28-16-6-4-14-10-17(7-5-13(14)9-16)29(26,27)25-11-12-2-1-3-15(8-12)19(22,23)24/h1-4,6,8-10,18,25H,5,7,11H2. The molecule has 0 saturated heterocycles. The van der Waals surface area contributed by atoms with Gasteiger partial charge in [-0.3, -0.25) is 0 Å². The highest BCUT2D eigenvalue weighted by Gasteiger charge is 2.30. The molecule has 4 nitrogen and oxygen atoms in total. The second-order valence-corrected chi connectivity index (χ2v) is 8.19. The summed E-state index contributed by atoms with van der Waals surface area (Å²) < 4.78 is 94.6. The Balaban J connectivity index is 1.74. The van der Waals surface area contributed by atoms with Crippen LogP contribution < -0.4 is 9.46 Å².